The zero-order valence-electron chi connectivity index (χ0n) is 7.36. The minimum Gasteiger partial charge on any atom is -0.504 e. The molecule has 76 valence electrons. The minimum absolute atomic E-state index is 0.278. The van der Waals surface area contributed by atoms with Crippen molar-refractivity contribution < 1.29 is 20.1 Å². The van der Waals surface area contributed by atoms with Gasteiger partial charge in [0.25, 0.3) is 0 Å². The largest absolute Gasteiger partial charge is 0.504 e. The Bertz CT molecular complexity index is 352. The number of aliphatic carboxylic acids is 1. The molecule has 1 unspecified atom stereocenters. The average molecular weight is 261 g/mol. The molecule has 0 aliphatic rings. The van der Waals surface area contributed by atoms with Crippen molar-refractivity contribution in [2.75, 3.05) is 0 Å². The molecule has 5 heteroatoms. The van der Waals surface area contributed by atoms with Crippen LogP contribution in [0.5, 0.6) is 11.5 Å². The number of carboxylic acid groups (broad SMARTS) is 1. The summed E-state index contributed by atoms with van der Waals surface area (Å²) in [6.07, 6.45) is 0. The van der Waals surface area contributed by atoms with E-state index in [0.717, 1.165) is 0 Å². The van der Waals surface area contributed by atoms with E-state index in [1.165, 1.54) is 19.1 Å². The van der Waals surface area contributed by atoms with Crippen LogP contribution >= 0.6 is 15.9 Å². The van der Waals surface area contributed by atoms with Crippen LogP contribution in [0.25, 0.3) is 0 Å². The van der Waals surface area contributed by atoms with E-state index in [2.05, 4.69) is 15.9 Å². The van der Waals surface area contributed by atoms with Crippen LogP contribution in [0.1, 0.15) is 18.4 Å². The second kappa shape index (κ2) is 3.88. The van der Waals surface area contributed by atoms with Crippen LogP contribution in [0.15, 0.2) is 16.6 Å². The highest BCUT2D eigenvalue weighted by molar-refractivity contribution is 9.10. The normalized spacial score (nSPS) is 12.4. The summed E-state index contributed by atoms with van der Waals surface area (Å²) in [6.45, 7) is 1.50. The molecular weight excluding hydrogens is 252 g/mol. The van der Waals surface area contributed by atoms with E-state index >= 15 is 0 Å². The van der Waals surface area contributed by atoms with Crippen molar-refractivity contribution in [3.63, 3.8) is 0 Å². The smallest absolute Gasteiger partial charge is 0.310 e. The molecule has 0 spiro atoms. The molecule has 0 aliphatic carbocycles. The topological polar surface area (TPSA) is 77.8 Å². The van der Waals surface area contributed by atoms with Crippen molar-refractivity contribution in [1.82, 2.24) is 0 Å². The molecule has 0 bridgehead atoms. The van der Waals surface area contributed by atoms with Crippen LogP contribution in [0.4, 0.5) is 0 Å². The SMILES string of the molecule is CC(C(=O)O)c1cc(O)c(O)c(Br)c1. The van der Waals surface area contributed by atoms with E-state index < -0.39 is 11.9 Å². The first-order valence-electron chi connectivity index (χ1n) is 3.87. The third-order valence-corrected chi connectivity index (χ3v) is 2.54. The van der Waals surface area contributed by atoms with Crippen molar-refractivity contribution >= 4 is 21.9 Å². The van der Waals surface area contributed by atoms with Gasteiger partial charge >= 0.3 is 5.97 Å². The Morgan fingerprint density at radius 3 is 2.43 bits per heavy atom. The van der Waals surface area contributed by atoms with E-state index in [1.54, 1.807) is 0 Å². The Morgan fingerprint density at radius 2 is 2.00 bits per heavy atom. The van der Waals surface area contributed by atoms with Crippen molar-refractivity contribution in [3.05, 3.63) is 22.2 Å². The molecule has 0 saturated heterocycles. The summed E-state index contributed by atoms with van der Waals surface area (Å²) in [5, 5.41) is 27.2. The van der Waals surface area contributed by atoms with Crippen LogP contribution < -0.4 is 0 Å². The second-order valence-electron chi connectivity index (χ2n) is 2.93. The summed E-state index contributed by atoms with van der Waals surface area (Å²) < 4.78 is 0.278. The van der Waals surface area contributed by atoms with Gasteiger partial charge in [0.15, 0.2) is 11.5 Å². The van der Waals surface area contributed by atoms with Gasteiger partial charge in [-0.05, 0) is 40.5 Å². The van der Waals surface area contributed by atoms with Gasteiger partial charge in [0, 0.05) is 0 Å². The number of benzene rings is 1. The van der Waals surface area contributed by atoms with Gasteiger partial charge in [0.2, 0.25) is 0 Å². The number of hydrogen-bond acceptors (Lipinski definition) is 3. The molecule has 14 heavy (non-hydrogen) atoms. The second-order valence-corrected chi connectivity index (χ2v) is 3.78. The number of halogens is 1. The Labute approximate surface area is 88.9 Å². The van der Waals surface area contributed by atoms with Crippen LogP contribution in [-0.4, -0.2) is 21.3 Å². The summed E-state index contributed by atoms with van der Waals surface area (Å²) in [7, 11) is 0. The molecule has 0 aliphatic heterocycles. The number of phenolic OH excluding ortho intramolecular Hbond substituents is 2. The Morgan fingerprint density at radius 1 is 1.43 bits per heavy atom. The van der Waals surface area contributed by atoms with Crippen LogP contribution in [0, 0.1) is 0 Å². The fourth-order valence-electron chi connectivity index (χ4n) is 0.998. The van der Waals surface area contributed by atoms with Gasteiger partial charge in [0.1, 0.15) is 0 Å². The van der Waals surface area contributed by atoms with Crippen molar-refractivity contribution in [1.29, 1.82) is 0 Å². The highest BCUT2D eigenvalue weighted by atomic mass is 79.9. The molecule has 0 radical (unpaired) electrons. The summed E-state index contributed by atoms with van der Waals surface area (Å²) >= 11 is 3.01. The molecule has 4 nitrogen and oxygen atoms in total. The van der Waals surface area contributed by atoms with Crippen LogP contribution in [0.2, 0.25) is 0 Å². The average Bonchev–Trinajstić information content (AvgIpc) is 2.12. The third kappa shape index (κ3) is 1.98. The molecule has 0 aromatic heterocycles. The first-order chi connectivity index (χ1) is 6.43. The highest BCUT2D eigenvalue weighted by Gasteiger charge is 2.17. The maximum atomic E-state index is 10.6. The fraction of sp³-hybridized carbons (Fsp3) is 0.222. The molecular formula is C9H9BrO4. The van der Waals surface area contributed by atoms with Gasteiger partial charge in [-0.3, -0.25) is 4.79 Å². The lowest BCUT2D eigenvalue weighted by Gasteiger charge is -2.09. The number of aromatic hydroxyl groups is 2. The number of phenols is 2. The predicted octanol–water partition coefficient (Wildman–Crippen LogP) is 2.05. The fourth-order valence-corrected chi connectivity index (χ4v) is 1.46. The molecule has 1 rings (SSSR count). The molecule has 1 aromatic carbocycles. The summed E-state index contributed by atoms with van der Waals surface area (Å²) in [5.41, 5.74) is 0.430. The van der Waals surface area contributed by atoms with Crippen molar-refractivity contribution in [2.24, 2.45) is 0 Å². The van der Waals surface area contributed by atoms with Gasteiger partial charge in [-0.1, -0.05) is 0 Å². The van der Waals surface area contributed by atoms with Crippen molar-refractivity contribution in [3.8, 4) is 11.5 Å². The number of carbonyl (C=O) groups is 1. The molecule has 1 aromatic rings. The van der Waals surface area contributed by atoms with Gasteiger partial charge in [-0.25, -0.2) is 0 Å². The quantitative estimate of drug-likeness (QED) is 0.712. The van der Waals surface area contributed by atoms with E-state index in [0.29, 0.717) is 5.56 Å². The first kappa shape index (κ1) is 10.8. The zero-order chi connectivity index (χ0) is 10.9. The minimum atomic E-state index is -0.984. The standard InChI is InChI=1S/C9H9BrO4/c1-4(9(13)14)5-2-6(10)8(12)7(11)3-5/h2-4,11-12H,1H3,(H,13,14). The lowest BCUT2D eigenvalue weighted by atomic mass is 10.0. The Hall–Kier alpha value is -1.23. The molecule has 0 amide bonds. The zero-order valence-corrected chi connectivity index (χ0v) is 8.95. The van der Waals surface area contributed by atoms with Gasteiger partial charge < -0.3 is 15.3 Å². The van der Waals surface area contributed by atoms with Crippen LogP contribution in [-0.2, 0) is 4.79 Å². The Balaban J connectivity index is 3.19. The number of carboxylic acids is 1. The van der Waals surface area contributed by atoms with Gasteiger partial charge in [-0.15, -0.1) is 0 Å². The molecule has 0 heterocycles. The molecule has 0 saturated carbocycles. The molecule has 3 N–H and O–H groups in total. The van der Waals surface area contributed by atoms with Gasteiger partial charge in [0.05, 0.1) is 10.4 Å². The lowest BCUT2D eigenvalue weighted by Crippen LogP contribution is -2.07. The highest BCUT2D eigenvalue weighted by Crippen LogP contribution is 2.36. The Kier molecular flexibility index (Phi) is 3.00. The van der Waals surface area contributed by atoms with E-state index in [-0.39, 0.29) is 16.0 Å². The van der Waals surface area contributed by atoms with Crippen LogP contribution in [0.3, 0.4) is 0 Å². The lowest BCUT2D eigenvalue weighted by molar-refractivity contribution is -0.138. The predicted molar refractivity (Wildman–Crippen MR) is 53.5 cm³/mol. The molecule has 1 atom stereocenters. The van der Waals surface area contributed by atoms with Gasteiger partial charge in [-0.2, -0.15) is 0 Å². The first-order valence-corrected chi connectivity index (χ1v) is 4.67. The van der Waals surface area contributed by atoms with E-state index in [4.69, 9.17) is 5.11 Å². The summed E-state index contributed by atoms with van der Waals surface area (Å²) in [5.74, 6) is -2.33. The van der Waals surface area contributed by atoms with Crippen molar-refractivity contribution in [2.45, 2.75) is 12.8 Å². The monoisotopic (exact) mass is 260 g/mol. The molecule has 0 fully saturated rings. The van der Waals surface area contributed by atoms with E-state index in [9.17, 15) is 15.0 Å². The summed E-state index contributed by atoms with van der Waals surface area (Å²) in [4.78, 5) is 10.6. The summed E-state index contributed by atoms with van der Waals surface area (Å²) in [6, 6.07) is 2.70. The number of hydrogen-bond donors (Lipinski definition) is 3. The number of rotatable bonds is 2. The maximum Gasteiger partial charge on any atom is 0.310 e. The van der Waals surface area contributed by atoms with E-state index in [1.807, 2.05) is 0 Å². The maximum absolute atomic E-state index is 10.6. The third-order valence-electron chi connectivity index (χ3n) is 1.94.